The zero-order valence-electron chi connectivity index (χ0n) is 18.6. The molecule has 0 radical (unpaired) electrons. The lowest BCUT2D eigenvalue weighted by atomic mass is 9.95. The van der Waals surface area contributed by atoms with Crippen molar-refractivity contribution in [3.63, 3.8) is 0 Å². The van der Waals surface area contributed by atoms with Gasteiger partial charge in [-0.2, -0.15) is 0 Å². The van der Waals surface area contributed by atoms with E-state index >= 15 is 0 Å². The third kappa shape index (κ3) is 3.82. The maximum absolute atomic E-state index is 13.3. The lowest BCUT2D eigenvalue weighted by Gasteiger charge is -2.39. The monoisotopic (exact) mass is 424 g/mol. The van der Waals surface area contributed by atoms with Crippen LogP contribution in [-0.4, -0.2) is 41.9 Å². The third-order valence-electron chi connectivity index (χ3n) is 6.51. The number of para-hydroxylation sites is 1. The smallest absolute Gasteiger partial charge is 0.289 e. The molecule has 4 aromatic rings. The normalized spacial score (nSPS) is 15.8. The lowest BCUT2D eigenvalue weighted by Crippen LogP contribution is -2.49. The first kappa shape index (κ1) is 20.5. The van der Waals surface area contributed by atoms with Gasteiger partial charge in [0.2, 0.25) is 0 Å². The van der Waals surface area contributed by atoms with Gasteiger partial charge in [0.05, 0.1) is 6.04 Å². The highest BCUT2D eigenvalue weighted by atomic mass is 16.3. The van der Waals surface area contributed by atoms with Gasteiger partial charge in [0.25, 0.3) is 5.91 Å². The van der Waals surface area contributed by atoms with Crippen LogP contribution in [0.4, 0.5) is 0 Å². The van der Waals surface area contributed by atoms with Crippen LogP contribution in [0.15, 0.2) is 83.3 Å². The summed E-state index contributed by atoms with van der Waals surface area (Å²) in [6.07, 6.45) is 0. The quantitative estimate of drug-likeness (QED) is 0.428. The molecule has 1 aromatic heterocycles. The summed E-state index contributed by atoms with van der Waals surface area (Å²) in [5.41, 5.74) is 5.53. The zero-order valence-corrected chi connectivity index (χ0v) is 18.6. The Morgan fingerprint density at radius 3 is 2.09 bits per heavy atom. The number of carbonyl (C=O) groups excluding carboxylic acids is 1. The van der Waals surface area contributed by atoms with E-state index in [-0.39, 0.29) is 11.9 Å². The molecule has 1 aliphatic heterocycles. The molecule has 2 heterocycles. The first-order valence-electron chi connectivity index (χ1n) is 11.2. The number of carbonyl (C=O) groups is 1. The minimum atomic E-state index is -0.00931. The molecule has 0 spiro atoms. The Balaban J connectivity index is 1.36. The Morgan fingerprint density at radius 2 is 1.41 bits per heavy atom. The Bertz CT molecular complexity index is 1220. The van der Waals surface area contributed by atoms with Gasteiger partial charge in [0.1, 0.15) is 5.58 Å². The molecule has 1 atom stereocenters. The van der Waals surface area contributed by atoms with Gasteiger partial charge in [-0.05, 0) is 31.0 Å². The minimum Gasteiger partial charge on any atom is -0.451 e. The third-order valence-corrected chi connectivity index (χ3v) is 6.51. The number of hydrogen-bond donors (Lipinski definition) is 0. The molecule has 32 heavy (non-hydrogen) atoms. The van der Waals surface area contributed by atoms with Gasteiger partial charge >= 0.3 is 0 Å². The topological polar surface area (TPSA) is 36.7 Å². The molecule has 0 unspecified atom stereocenters. The zero-order chi connectivity index (χ0) is 22.1. The van der Waals surface area contributed by atoms with E-state index in [1.54, 1.807) is 0 Å². The Morgan fingerprint density at radius 1 is 0.781 bits per heavy atom. The molecule has 0 bridgehead atoms. The molecule has 3 aromatic carbocycles. The summed E-state index contributed by atoms with van der Waals surface area (Å²) in [6, 6.07) is 27.5. The van der Waals surface area contributed by atoms with Gasteiger partial charge in [-0.15, -0.1) is 0 Å². The van der Waals surface area contributed by atoms with Gasteiger partial charge in [0.15, 0.2) is 5.76 Å². The Labute approximate surface area is 189 Å². The second-order valence-corrected chi connectivity index (χ2v) is 8.60. The van der Waals surface area contributed by atoms with Gasteiger partial charge in [0, 0.05) is 37.1 Å². The highest BCUT2D eigenvalue weighted by molar-refractivity contribution is 5.99. The number of piperazine rings is 1. The van der Waals surface area contributed by atoms with E-state index in [0.717, 1.165) is 29.6 Å². The van der Waals surface area contributed by atoms with Gasteiger partial charge in [-0.1, -0.05) is 78.4 Å². The van der Waals surface area contributed by atoms with Crippen LogP contribution in [0.1, 0.15) is 38.9 Å². The number of nitrogens with zero attached hydrogens (tertiary/aromatic N) is 2. The van der Waals surface area contributed by atoms with Crippen molar-refractivity contribution >= 4 is 16.9 Å². The van der Waals surface area contributed by atoms with Crippen LogP contribution in [0.3, 0.4) is 0 Å². The van der Waals surface area contributed by atoms with Crippen molar-refractivity contribution in [2.24, 2.45) is 0 Å². The summed E-state index contributed by atoms with van der Waals surface area (Å²) in [6.45, 7) is 7.09. The average Bonchev–Trinajstić information content (AvgIpc) is 3.18. The highest BCUT2D eigenvalue weighted by Gasteiger charge is 2.30. The van der Waals surface area contributed by atoms with Crippen LogP contribution in [0.5, 0.6) is 0 Å². The molecule has 1 fully saturated rings. The number of aryl methyl sites for hydroxylation is 2. The van der Waals surface area contributed by atoms with E-state index in [4.69, 9.17) is 4.42 Å². The number of amides is 1. The fraction of sp³-hybridized carbons (Fsp3) is 0.250. The summed E-state index contributed by atoms with van der Waals surface area (Å²) in [5.74, 6) is 0.461. The predicted octanol–water partition coefficient (Wildman–Crippen LogP) is 5.60. The van der Waals surface area contributed by atoms with Crippen LogP contribution in [0, 0.1) is 13.8 Å². The maximum atomic E-state index is 13.3. The molecule has 5 rings (SSSR count). The van der Waals surface area contributed by atoms with E-state index < -0.39 is 0 Å². The maximum Gasteiger partial charge on any atom is 0.289 e. The van der Waals surface area contributed by atoms with E-state index in [0.29, 0.717) is 18.8 Å². The molecule has 0 aliphatic carbocycles. The number of fused-ring (bicyclic) bond motifs is 1. The van der Waals surface area contributed by atoms with Crippen LogP contribution in [0.2, 0.25) is 0 Å². The van der Waals surface area contributed by atoms with Gasteiger partial charge < -0.3 is 9.32 Å². The molecule has 0 saturated carbocycles. The predicted molar refractivity (Wildman–Crippen MR) is 128 cm³/mol. The van der Waals surface area contributed by atoms with Crippen molar-refractivity contribution in [1.29, 1.82) is 0 Å². The van der Waals surface area contributed by atoms with Crippen molar-refractivity contribution in [3.05, 3.63) is 107 Å². The van der Waals surface area contributed by atoms with Crippen molar-refractivity contribution in [2.45, 2.75) is 19.9 Å². The highest BCUT2D eigenvalue weighted by Crippen LogP contribution is 2.31. The lowest BCUT2D eigenvalue weighted by molar-refractivity contribution is 0.0569. The van der Waals surface area contributed by atoms with Crippen LogP contribution in [-0.2, 0) is 0 Å². The van der Waals surface area contributed by atoms with E-state index in [1.165, 1.54) is 16.7 Å². The van der Waals surface area contributed by atoms with Crippen LogP contribution < -0.4 is 0 Å². The molecule has 4 heteroatoms. The number of rotatable bonds is 4. The summed E-state index contributed by atoms with van der Waals surface area (Å²) in [5, 5.41) is 1.01. The number of benzene rings is 3. The molecular weight excluding hydrogens is 396 g/mol. The molecule has 1 amide bonds. The first-order chi connectivity index (χ1) is 15.6. The Kier molecular flexibility index (Phi) is 5.54. The van der Waals surface area contributed by atoms with Crippen molar-refractivity contribution < 1.29 is 9.21 Å². The van der Waals surface area contributed by atoms with Crippen LogP contribution in [0.25, 0.3) is 11.0 Å². The van der Waals surface area contributed by atoms with Crippen molar-refractivity contribution in [2.75, 3.05) is 26.2 Å². The van der Waals surface area contributed by atoms with Crippen molar-refractivity contribution in [3.8, 4) is 0 Å². The fourth-order valence-corrected chi connectivity index (χ4v) is 4.70. The molecule has 1 aliphatic rings. The molecule has 162 valence electrons. The van der Waals surface area contributed by atoms with Gasteiger partial charge in [-0.25, -0.2) is 0 Å². The second kappa shape index (κ2) is 8.64. The van der Waals surface area contributed by atoms with Gasteiger partial charge in [-0.3, -0.25) is 9.69 Å². The minimum absolute atomic E-state index is 0.00931. The van der Waals surface area contributed by atoms with Crippen molar-refractivity contribution in [1.82, 2.24) is 9.80 Å². The molecule has 0 N–H and O–H groups in total. The summed E-state index contributed by atoms with van der Waals surface area (Å²) < 4.78 is 5.93. The number of hydrogen-bond acceptors (Lipinski definition) is 3. The average molecular weight is 425 g/mol. The van der Waals surface area contributed by atoms with E-state index in [9.17, 15) is 4.79 Å². The molecule has 4 nitrogen and oxygen atoms in total. The largest absolute Gasteiger partial charge is 0.451 e. The molecule has 1 saturated heterocycles. The number of furan rings is 1. The summed E-state index contributed by atoms with van der Waals surface area (Å²) in [7, 11) is 0. The van der Waals surface area contributed by atoms with E-state index in [2.05, 4.69) is 66.4 Å². The standard InChI is InChI=1S/C28H28N2O2/c1-20-12-14-23(15-13-20)26(22-8-4-3-5-9-22)29-16-18-30(19-17-29)28(31)27-21(2)24-10-6-7-11-25(24)32-27/h3-15,26H,16-19H2,1-2H3/t26-/m1/s1. The second-order valence-electron chi connectivity index (χ2n) is 8.60. The van der Waals surface area contributed by atoms with E-state index in [1.807, 2.05) is 36.1 Å². The summed E-state index contributed by atoms with van der Waals surface area (Å²) >= 11 is 0. The SMILES string of the molecule is Cc1ccc([C@@H](c2ccccc2)N2CCN(C(=O)c3oc4ccccc4c3C)CC2)cc1. The fourth-order valence-electron chi connectivity index (χ4n) is 4.70. The van der Waals surface area contributed by atoms with Crippen LogP contribution >= 0.6 is 0 Å². The first-order valence-corrected chi connectivity index (χ1v) is 11.2. The molecular formula is C28H28N2O2. The Hall–Kier alpha value is -3.37. The summed E-state index contributed by atoms with van der Waals surface area (Å²) in [4.78, 5) is 17.7.